The highest BCUT2D eigenvalue weighted by molar-refractivity contribution is 7.92. The molecule has 0 radical (unpaired) electrons. The second-order valence-corrected chi connectivity index (χ2v) is 6.76. The molecule has 2 rings (SSSR count). The fourth-order valence-corrected chi connectivity index (χ4v) is 3.07. The van der Waals surface area contributed by atoms with Gasteiger partial charge in [-0.05, 0) is 48.9 Å². The van der Waals surface area contributed by atoms with E-state index >= 15 is 0 Å². The van der Waals surface area contributed by atoms with Crippen molar-refractivity contribution in [3.8, 4) is 0 Å². The number of hydrogen-bond donors (Lipinski definition) is 1. The maximum atomic E-state index is 12.9. The largest absolute Gasteiger partial charge is 0.280 e. The third kappa shape index (κ3) is 3.90. The lowest BCUT2D eigenvalue weighted by atomic mass is 10.1. The van der Waals surface area contributed by atoms with Crippen LogP contribution in [0.25, 0.3) is 0 Å². The van der Waals surface area contributed by atoms with Crippen LogP contribution in [0, 0.1) is 12.7 Å². The molecular formula is C16H17FN2O4S. The van der Waals surface area contributed by atoms with Gasteiger partial charge in [-0.3, -0.25) is 14.4 Å². The molecule has 0 saturated carbocycles. The van der Waals surface area contributed by atoms with Crippen LogP contribution < -0.4 is 4.72 Å². The van der Waals surface area contributed by atoms with E-state index in [-0.39, 0.29) is 16.1 Å². The number of rotatable bonds is 5. The number of amides is 1. The quantitative estimate of drug-likeness (QED) is 0.839. The van der Waals surface area contributed by atoms with E-state index in [1.54, 1.807) is 6.92 Å². The van der Waals surface area contributed by atoms with Crippen LogP contribution in [0.2, 0.25) is 0 Å². The number of hydrogen-bond acceptors (Lipinski definition) is 4. The monoisotopic (exact) mass is 352 g/mol. The summed E-state index contributed by atoms with van der Waals surface area (Å²) in [6, 6.07) is 9.13. The molecule has 0 spiro atoms. The van der Waals surface area contributed by atoms with Crippen LogP contribution in [0.1, 0.15) is 15.9 Å². The van der Waals surface area contributed by atoms with E-state index in [1.807, 2.05) is 0 Å². The van der Waals surface area contributed by atoms with E-state index in [9.17, 15) is 17.6 Å². The van der Waals surface area contributed by atoms with E-state index in [0.717, 1.165) is 17.2 Å². The number of nitrogens with zero attached hydrogens (tertiary/aromatic N) is 1. The Morgan fingerprint density at radius 3 is 2.38 bits per heavy atom. The highest BCUT2D eigenvalue weighted by Gasteiger charge is 2.20. The standard InChI is InChI=1S/C16H17FN2O4S/c1-11-4-9-14(10-15(11)16(20)19(2)23-3)24(21,22)18-13-7-5-12(17)6-8-13/h4-10,18H,1-3H3. The second-order valence-electron chi connectivity index (χ2n) is 5.07. The van der Waals surface area contributed by atoms with Gasteiger partial charge < -0.3 is 0 Å². The summed E-state index contributed by atoms with van der Waals surface area (Å²) in [5.74, 6) is -0.933. The van der Waals surface area contributed by atoms with Gasteiger partial charge in [-0.25, -0.2) is 17.9 Å². The van der Waals surface area contributed by atoms with Gasteiger partial charge >= 0.3 is 0 Å². The second kappa shape index (κ2) is 6.98. The van der Waals surface area contributed by atoms with Crippen molar-refractivity contribution in [2.75, 3.05) is 18.9 Å². The maximum Gasteiger partial charge on any atom is 0.277 e. The highest BCUT2D eigenvalue weighted by atomic mass is 32.2. The zero-order valence-electron chi connectivity index (χ0n) is 13.4. The summed E-state index contributed by atoms with van der Waals surface area (Å²) in [6.45, 7) is 1.69. The van der Waals surface area contributed by atoms with Crippen molar-refractivity contribution < 1.29 is 22.4 Å². The van der Waals surface area contributed by atoms with Crippen LogP contribution in [0.3, 0.4) is 0 Å². The maximum absolute atomic E-state index is 12.9. The Morgan fingerprint density at radius 2 is 1.79 bits per heavy atom. The fourth-order valence-electron chi connectivity index (χ4n) is 1.98. The summed E-state index contributed by atoms with van der Waals surface area (Å²) in [5, 5.41) is 1.01. The van der Waals surface area contributed by atoms with E-state index in [2.05, 4.69) is 4.72 Å². The van der Waals surface area contributed by atoms with Gasteiger partial charge in [0, 0.05) is 18.3 Å². The van der Waals surface area contributed by atoms with E-state index in [1.165, 1.54) is 44.5 Å². The van der Waals surface area contributed by atoms with Crippen molar-refractivity contribution in [3.05, 3.63) is 59.4 Å². The molecule has 24 heavy (non-hydrogen) atoms. The highest BCUT2D eigenvalue weighted by Crippen LogP contribution is 2.20. The Hall–Kier alpha value is -2.45. The number of halogens is 1. The van der Waals surface area contributed by atoms with Gasteiger partial charge in [0.2, 0.25) is 0 Å². The van der Waals surface area contributed by atoms with Crippen molar-refractivity contribution in [1.29, 1.82) is 0 Å². The minimum atomic E-state index is -3.92. The van der Waals surface area contributed by atoms with Crippen LogP contribution in [0.5, 0.6) is 0 Å². The normalized spacial score (nSPS) is 11.2. The number of anilines is 1. The number of aryl methyl sites for hydroxylation is 1. The zero-order valence-corrected chi connectivity index (χ0v) is 14.2. The number of carbonyl (C=O) groups excluding carboxylic acids is 1. The number of carbonyl (C=O) groups is 1. The molecule has 8 heteroatoms. The minimum absolute atomic E-state index is 0.0784. The molecule has 2 aromatic carbocycles. The van der Waals surface area contributed by atoms with Crippen LogP contribution in [0.4, 0.5) is 10.1 Å². The van der Waals surface area contributed by atoms with Crippen molar-refractivity contribution in [3.63, 3.8) is 0 Å². The Labute approximate surface area is 139 Å². The summed E-state index contributed by atoms with van der Waals surface area (Å²) in [5.41, 5.74) is 1.05. The lowest BCUT2D eigenvalue weighted by Gasteiger charge is -2.16. The number of nitrogens with one attached hydrogen (secondary N) is 1. The van der Waals surface area contributed by atoms with Gasteiger partial charge in [-0.15, -0.1) is 0 Å². The minimum Gasteiger partial charge on any atom is -0.280 e. The average molecular weight is 352 g/mol. The predicted molar refractivity (Wildman–Crippen MR) is 87.5 cm³/mol. The van der Waals surface area contributed by atoms with Crippen LogP contribution in [-0.2, 0) is 14.9 Å². The van der Waals surface area contributed by atoms with Gasteiger partial charge in [0.25, 0.3) is 15.9 Å². The first-order valence-corrected chi connectivity index (χ1v) is 8.44. The topological polar surface area (TPSA) is 75.7 Å². The third-order valence-electron chi connectivity index (χ3n) is 3.41. The zero-order chi connectivity index (χ0) is 17.9. The molecule has 0 fully saturated rings. The molecule has 0 aliphatic rings. The first kappa shape index (κ1) is 17.9. The molecule has 0 aromatic heterocycles. The fraction of sp³-hybridized carbons (Fsp3) is 0.188. The van der Waals surface area contributed by atoms with Crippen LogP contribution in [-0.4, -0.2) is 33.5 Å². The molecule has 1 amide bonds. The molecule has 0 saturated heterocycles. The van der Waals surface area contributed by atoms with Crippen LogP contribution in [0.15, 0.2) is 47.4 Å². The molecule has 0 heterocycles. The number of hydroxylamine groups is 2. The molecule has 0 unspecified atom stereocenters. The van der Waals surface area contributed by atoms with Crippen LogP contribution >= 0.6 is 0 Å². The van der Waals surface area contributed by atoms with Crippen molar-refractivity contribution in [2.24, 2.45) is 0 Å². The Kier molecular flexibility index (Phi) is 5.20. The molecule has 6 nitrogen and oxygen atoms in total. The summed E-state index contributed by atoms with van der Waals surface area (Å²) in [4.78, 5) is 17.0. The SMILES string of the molecule is CON(C)C(=O)c1cc(S(=O)(=O)Nc2ccc(F)cc2)ccc1C. The van der Waals surface area contributed by atoms with Gasteiger partial charge in [0.05, 0.1) is 12.0 Å². The Morgan fingerprint density at radius 1 is 1.17 bits per heavy atom. The van der Waals surface area contributed by atoms with E-state index < -0.39 is 21.7 Å². The lowest BCUT2D eigenvalue weighted by Crippen LogP contribution is -2.26. The number of sulfonamides is 1. The molecule has 128 valence electrons. The summed E-state index contributed by atoms with van der Waals surface area (Å²) in [6.07, 6.45) is 0. The van der Waals surface area contributed by atoms with Gasteiger partial charge in [-0.1, -0.05) is 6.07 Å². The summed E-state index contributed by atoms with van der Waals surface area (Å²) >= 11 is 0. The molecular weight excluding hydrogens is 335 g/mol. The Balaban J connectivity index is 2.37. The van der Waals surface area contributed by atoms with Gasteiger partial charge in [-0.2, -0.15) is 0 Å². The first-order valence-electron chi connectivity index (χ1n) is 6.96. The summed E-state index contributed by atoms with van der Waals surface area (Å²) < 4.78 is 40.1. The smallest absolute Gasteiger partial charge is 0.277 e. The van der Waals surface area contributed by atoms with E-state index in [0.29, 0.717) is 5.56 Å². The third-order valence-corrected chi connectivity index (χ3v) is 4.79. The molecule has 0 bridgehead atoms. The molecule has 0 aliphatic carbocycles. The lowest BCUT2D eigenvalue weighted by molar-refractivity contribution is -0.0757. The molecule has 0 atom stereocenters. The molecule has 0 aliphatic heterocycles. The van der Waals surface area contributed by atoms with Gasteiger partial charge in [0.1, 0.15) is 5.82 Å². The van der Waals surface area contributed by atoms with Crippen molar-refractivity contribution in [2.45, 2.75) is 11.8 Å². The van der Waals surface area contributed by atoms with Crippen molar-refractivity contribution in [1.82, 2.24) is 5.06 Å². The van der Waals surface area contributed by atoms with E-state index in [4.69, 9.17) is 4.84 Å². The molecule has 2 aromatic rings. The summed E-state index contributed by atoms with van der Waals surface area (Å²) in [7, 11) is -1.15. The first-order chi connectivity index (χ1) is 11.2. The van der Waals surface area contributed by atoms with Gasteiger partial charge in [0.15, 0.2) is 0 Å². The van der Waals surface area contributed by atoms with Crippen molar-refractivity contribution >= 4 is 21.6 Å². The average Bonchev–Trinajstić information content (AvgIpc) is 2.55. The predicted octanol–water partition coefficient (Wildman–Crippen LogP) is 2.57. The number of benzene rings is 2. The molecule has 1 N–H and O–H groups in total. The Bertz CT molecular complexity index is 851.